The van der Waals surface area contributed by atoms with Gasteiger partial charge in [-0.05, 0) is 19.1 Å². The Kier molecular flexibility index (Phi) is 2.71. The molecule has 0 bridgehead atoms. The SMILES string of the molecule is Cc1c(-c2ccccc2)oc2ccc(O)c(O)c2c1=O. The summed E-state index contributed by atoms with van der Waals surface area (Å²) >= 11 is 0. The standard InChI is InChI=1S/C16H12O4/c1-9-14(18)13-12(8-7-11(17)15(13)19)20-16(9)10-5-3-2-4-6-10/h2-8,17,19H,1H3. The molecule has 3 aromatic rings. The summed E-state index contributed by atoms with van der Waals surface area (Å²) in [5, 5.41) is 19.3. The minimum Gasteiger partial charge on any atom is -0.504 e. The minimum atomic E-state index is -0.445. The fourth-order valence-electron chi connectivity index (χ4n) is 2.21. The molecule has 0 amide bonds. The maximum Gasteiger partial charge on any atom is 0.200 e. The monoisotopic (exact) mass is 268 g/mol. The van der Waals surface area contributed by atoms with E-state index in [9.17, 15) is 15.0 Å². The van der Waals surface area contributed by atoms with Gasteiger partial charge in [-0.2, -0.15) is 0 Å². The smallest absolute Gasteiger partial charge is 0.200 e. The van der Waals surface area contributed by atoms with Gasteiger partial charge in [0.2, 0.25) is 0 Å². The summed E-state index contributed by atoms with van der Waals surface area (Å²) < 4.78 is 5.72. The Morgan fingerprint density at radius 2 is 1.70 bits per heavy atom. The molecule has 2 N–H and O–H groups in total. The van der Waals surface area contributed by atoms with Crippen LogP contribution in [0.25, 0.3) is 22.3 Å². The number of benzene rings is 2. The van der Waals surface area contributed by atoms with Gasteiger partial charge in [-0.15, -0.1) is 0 Å². The molecular formula is C16H12O4. The Balaban J connectivity index is 2.42. The Hall–Kier alpha value is -2.75. The van der Waals surface area contributed by atoms with Crippen molar-refractivity contribution in [1.29, 1.82) is 0 Å². The van der Waals surface area contributed by atoms with E-state index in [0.717, 1.165) is 5.56 Å². The molecule has 100 valence electrons. The van der Waals surface area contributed by atoms with Crippen LogP contribution in [0, 0.1) is 6.92 Å². The molecule has 0 radical (unpaired) electrons. The van der Waals surface area contributed by atoms with E-state index in [1.54, 1.807) is 6.92 Å². The van der Waals surface area contributed by atoms with Crippen molar-refractivity contribution < 1.29 is 14.6 Å². The fourth-order valence-corrected chi connectivity index (χ4v) is 2.21. The normalized spacial score (nSPS) is 10.8. The van der Waals surface area contributed by atoms with E-state index in [-0.39, 0.29) is 22.1 Å². The highest BCUT2D eigenvalue weighted by Crippen LogP contribution is 2.34. The van der Waals surface area contributed by atoms with Crippen LogP contribution in [0.15, 0.2) is 51.7 Å². The van der Waals surface area contributed by atoms with Gasteiger partial charge in [0, 0.05) is 11.1 Å². The molecule has 4 nitrogen and oxygen atoms in total. The summed E-state index contributed by atoms with van der Waals surface area (Å²) in [7, 11) is 0. The lowest BCUT2D eigenvalue weighted by atomic mass is 10.1. The Bertz CT molecular complexity index is 848. The van der Waals surface area contributed by atoms with Gasteiger partial charge < -0.3 is 14.6 Å². The Labute approximate surface area is 114 Å². The van der Waals surface area contributed by atoms with Crippen molar-refractivity contribution in [2.45, 2.75) is 6.92 Å². The van der Waals surface area contributed by atoms with Crippen LogP contribution < -0.4 is 5.43 Å². The van der Waals surface area contributed by atoms with Gasteiger partial charge in [0.1, 0.15) is 16.7 Å². The summed E-state index contributed by atoms with van der Waals surface area (Å²) in [4.78, 5) is 12.4. The van der Waals surface area contributed by atoms with Crippen LogP contribution in [0.4, 0.5) is 0 Å². The van der Waals surface area contributed by atoms with Crippen LogP contribution in [0.2, 0.25) is 0 Å². The largest absolute Gasteiger partial charge is 0.504 e. The van der Waals surface area contributed by atoms with E-state index in [1.165, 1.54) is 12.1 Å². The molecule has 0 fully saturated rings. The maximum absolute atomic E-state index is 12.4. The topological polar surface area (TPSA) is 70.7 Å². The highest BCUT2D eigenvalue weighted by atomic mass is 16.3. The van der Waals surface area contributed by atoms with Crippen molar-refractivity contribution in [2.24, 2.45) is 0 Å². The molecule has 0 aliphatic rings. The highest BCUT2D eigenvalue weighted by molar-refractivity contribution is 5.88. The fraction of sp³-hybridized carbons (Fsp3) is 0.0625. The lowest BCUT2D eigenvalue weighted by molar-refractivity contribution is 0.407. The lowest BCUT2D eigenvalue weighted by Gasteiger charge is -2.08. The number of hydrogen-bond donors (Lipinski definition) is 2. The van der Waals surface area contributed by atoms with Crippen LogP contribution in [-0.4, -0.2) is 10.2 Å². The summed E-state index contributed by atoms with van der Waals surface area (Å²) in [6.07, 6.45) is 0. The number of phenolic OH excluding ortho intramolecular Hbond substituents is 2. The molecule has 0 aliphatic heterocycles. The van der Waals surface area contributed by atoms with Crippen LogP contribution in [0.1, 0.15) is 5.56 Å². The van der Waals surface area contributed by atoms with Gasteiger partial charge in [0.15, 0.2) is 16.9 Å². The molecular weight excluding hydrogens is 256 g/mol. The van der Waals surface area contributed by atoms with E-state index < -0.39 is 5.75 Å². The Morgan fingerprint density at radius 1 is 1.00 bits per heavy atom. The molecule has 4 heteroatoms. The third kappa shape index (κ3) is 1.73. The van der Waals surface area contributed by atoms with Gasteiger partial charge >= 0.3 is 0 Å². The predicted molar refractivity (Wildman–Crippen MR) is 76.0 cm³/mol. The average molecular weight is 268 g/mol. The molecule has 2 aromatic carbocycles. The summed E-state index contributed by atoms with van der Waals surface area (Å²) in [5.41, 5.74) is 1.08. The minimum absolute atomic E-state index is 0.00202. The van der Waals surface area contributed by atoms with Crippen LogP contribution >= 0.6 is 0 Å². The molecule has 0 saturated carbocycles. The van der Waals surface area contributed by atoms with E-state index in [1.807, 2.05) is 30.3 Å². The van der Waals surface area contributed by atoms with Gasteiger partial charge in [-0.1, -0.05) is 30.3 Å². The highest BCUT2D eigenvalue weighted by Gasteiger charge is 2.16. The number of fused-ring (bicyclic) bond motifs is 1. The first kappa shape index (κ1) is 12.3. The molecule has 0 aliphatic carbocycles. The average Bonchev–Trinajstić information content (AvgIpc) is 2.47. The first-order chi connectivity index (χ1) is 9.59. The quantitative estimate of drug-likeness (QED) is 0.665. The lowest BCUT2D eigenvalue weighted by Crippen LogP contribution is -2.07. The molecule has 20 heavy (non-hydrogen) atoms. The van der Waals surface area contributed by atoms with Crippen molar-refractivity contribution in [3.05, 3.63) is 58.3 Å². The molecule has 0 spiro atoms. The van der Waals surface area contributed by atoms with E-state index >= 15 is 0 Å². The molecule has 0 saturated heterocycles. The van der Waals surface area contributed by atoms with Crippen molar-refractivity contribution in [1.82, 2.24) is 0 Å². The van der Waals surface area contributed by atoms with Crippen LogP contribution in [0.5, 0.6) is 11.5 Å². The summed E-state index contributed by atoms with van der Waals surface area (Å²) in [6, 6.07) is 12.0. The second-order valence-corrected chi connectivity index (χ2v) is 4.56. The predicted octanol–water partition coefficient (Wildman–Crippen LogP) is 3.18. The molecule has 0 unspecified atom stereocenters. The van der Waals surface area contributed by atoms with Gasteiger partial charge in [0.05, 0.1) is 0 Å². The van der Waals surface area contributed by atoms with Gasteiger partial charge in [0.25, 0.3) is 0 Å². The van der Waals surface area contributed by atoms with Gasteiger partial charge in [-0.25, -0.2) is 0 Å². The van der Waals surface area contributed by atoms with Crippen LogP contribution in [0.3, 0.4) is 0 Å². The third-order valence-electron chi connectivity index (χ3n) is 3.27. The van der Waals surface area contributed by atoms with Crippen molar-refractivity contribution in [2.75, 3.05) is 0 Å². The van der Waals surface area contributed by atoms with Crippen LogP contribution in [-0.2, 0) is 0 Å². The zero-order chi connectivity index (χ0) is 14.3. The number of phenols is 2. The molecule has 3 rings (SSSR count). The first-order valence-electron chi connectivity index (χ1n) is 6.13. The second kappa shape index (κ2) is 4.42. The molecule has 1 heterocycles. The number of rotatable bonds is 1. The van der Waals surface area contributed by atoms with E-state index in [4.69, 9.17) is 4.42 Å². The van der Waals surface area contributed by atoms with Crippen molar-refractivity contribution >= 4 is 11.0 Å². The number of aromatic hydroxyl groups is 2. The first-order valence-corrected chi connectivity index (χ1v) is 6.13. The number of hydrogen-bond acceptors (Lipinski definition) is 4. The molecule has 0 atom stereocenters. The molecule has 1 aromatic heterocycles. The Morgan fingerprint density at radius 3 is 2.40 bits per heavy atom. The summed E-state index contributed by atoms with van der Waals surface area (Å²) in [6.45, 7) is 1.64. The van der Waals surface area contributed by atoms with E-state index in [0.29, 0.717) is 11.3 Å². The second-order valence-electron chi connectivity index (χ2n) is 4.56. The maximum atomic E-state index is 12.4. The van der Waals surface area contributed by atoms with Gasteiger partial charge in [-0.3, -0.25) is 4.79 Å². The third-order valence-corrected chi connectivity index (χ3v) is 3.27. The summed E-state index contributed by atoms with van der Waals surface area (Å²) in [5.74, 6) is -0.316. The van der Waals surface area contributed by atoms with Crippen molar-refractivity contribution in [3.63, 3.8) is 0 Å². The zero-order valence-corrected chi connectivity index (χ0v) is 10.8. The van der Waals surface area contributed by atoms with Crippen molar-refractivity contribution in [3.8, 4) is 22.8 Å². The zero-order valence-electron chi connectivity index (χ0n) is 10.8. The van der Waals surface area contributed by atoms with E-state index in [2.05, 4.69) is 0 Å².